The van der Waals surface area contributed by atoms with Crippen molar-refractivity contribution in [2.75, 3.05) is 0 Å². The van der Waals surface area contributed by atoms with Crippen molar-refractivity contribution in [2.45, 2.75) is 65.2 Å². The van der Waals surface area contributed by atoms with E-state index in [9.17, 15) is 4.79 Å². The van der Waals surface area contributed by atoms with Crippen molar-refractivity contribution in [3.8, 4) is 0 Å². The van der Waals surface area contributed by atoms with Crippen LogP contribution in [0.25, 0.3) is 0 Å². The minimum Gasteiger partial charge on any atom is -0.369 e. The zero-order chi connectivity index (χ0) is 17.4. The van der Waals surface area contributed by atoms with Crippen LogP contribution in [0, 0.1) is 5.92 Å². The quantitative estimate of drug-likeness (QED) is 0.725. The second kappa shape index (κ2) is 9.41. The van der Waals surface area contributed by atoms with Crippen LogP contribution in [0.1, 0.15) is 63.6 Å². The fourth-order valence-electron chi connectivity index (χ4n) is 3.17. The van der Waals surface area contributed by atoms with Gasteiger partial charge in [0.25, 0.3) is 0 Å². The predicted molar refractivity (Wildman–Crippen MR) is 99.5 cm³/mol. The molecule has 2 rings (SSSR count). The van der Waals surface area contributed by atoms with Crippen LogP contribution >= 0.6 is 0 Å². The largest absolute Gasteiger partial charge is 0.369 e. The predicted octanol–water partition coefficient (Wildman–Crippen LogP) is 4.51. The molecule has 0 fully saturated rings. The number of primary amides is 1. The van der Waals surface area contributed by atoms with Crippen LogP contribution in [-0.4, -0.2) is 10.9 Å². The first kappa shape index (κ1) is 18.4. The number of hydrogen-bond donors (Lipinski definition) is 1. The lowest BCUT2D eigenvalue weighted by molar-refractivity contribution is -0.121. The van der Waals surface area contributed by atoms with Gasteiger partial charge in [0, 0.05) is 17.8 Å². The Hall–Kier alpha value is -1.90. The summed E-state index contributed by atoms with van der Waals surface area (Å²) in [6, 6.07) is 4.33. The molecule has 1 heterocycles. The molecule has 3 heteroatoms. The highest BCUT2D eigenvalue weighted by Crippen LogP contribution is 2.27. The van der Waals surface area contributed by atoms with E-state index in [0.717, 1.165) is 51.4 Å². The van der Waals surface area contributed by atoms with Crippen LogP contribution < -0.4 is 5.73 Å². The Labute approximate surface area is 146 Å². The molecule has 1 unspecified atom stereocenters. The number of allylic oxidation sites excluding steroid dienone is 4. The van der Waals surface area contributed by atoms with Gasteiger partial charge in [-0.1, -0.05) is 43.2 Å². The molecule has 0 spiro atoms. The van der Waals surface area contributed by atoms with Crippen LogP contribution in [-0.2, 0) is 17.6 Å². The van der Waals surface area contributed by atoms with Crippen molar-refractivity contribution in [3.05, 3.63) is 52.9 Å². The summed E-state index contributed by atoms with van der Waals surface area (Å²) < 4.78 is 0. The molecule has 0 radical (unpaired) electrons. The molecule has 0 aromatic carbocycles. The highest BCUT2D eigenvalue weighted by Gasteiger charge is 2.16. The maximum Gasteiger partial charge on any atom is 0.220 e. The molecular weight excluding hydrogens is 296 g/mol. The van der Waals surface area contributed by atoms with Crippen LogP contribution in [0.5, 0.6) is 0 Å². The zero-order valence-corrected chi connectivity index (χ0v) is 15.1. The lowest BCUT2D eigenvalue weighted by Crippen LogP contribution is -2.23. The van der Waals surface area contributed by atoms with Gasteiger partial charge in [-0.2, -0.15) is 0 Å². The molecule has 0 saturated carbocycles. The first-order chi connectivity index (χ1) is 11.6. The van der Waals surface area contributed by atoms with Gasteiger partial charge in [-0.05, 0) is 63.0 Å². The van der Waals surface area contributed by atoms with Gasteiger partial charge in [0.1, 0.15) is 0 Å². The maximum absolute atomic E-state index is 11.4. The minimum atomic E-state index is -0.172. The summed E-state index contributed by atoms with van der Waals surface area (Å²) in [5.41, 5.74) is 10.8. The summed E-state index contributed by atoms with van der Waals surface area (Å²) in [5, 5.41) is 0. The molecule has 130 valence electrons. The van der Waals surface area contributed by atoms with E-state index in [0.29, 0.717) is 0 Å². The topological polar surface area (TPSA) is 56.0 Å². The average molecular weight is 326 g/mol. The SMILES string of the molecule is CCc1ccc(CCCC2=CC=C(CC(CC)C(N)=O)CC2)nc1. The van der Waals surface area contributed by atoms with Gasteiger partial charge in [0.15, 0.2) is 0 Å². The molecule has 0 saturated heterocycles. The Morgan fingerprint density at radius 1 is 1.17 bits per heavy atom. The molecule has 2 N–H and O–H groups in total. The van der Waals surface area contributed by atoms with E-state index in [2.05, 4.69) is 36.2 Å². The number of hydrogen-bond acceptors (Lipinski definition) is 2. The molecule has 1 aliphatic rings. The van der Waals surface area contributed by atoms with Crippen molar-refractivity contribution in [1.29, 1.82) is 0 Å². The number of pyridine rings is 1. The van der Waals surface area contributed by atoms with E-state index in [4.69, 9.17) is 5.73 Å². The Bertz CT molecular complexity index is 599. The van der Waals surface area contributed by atoms with Crippen LogP contribution in [0.3, 0.4) is 0 Å². The van der Waals surface area contributed by atoms with Crippen LogP contribution in [0.15, 0.2) is 41.6 Å². The second-order valence-electron chi connectivity index (χ2n) is 6.73. The third-order valence-corrected chi connectivity index (χ3v) is 4.95. The summed E-state index contributed by atoms with van der Waals surface area (Å²) >= 11 is 0. The van der Waals surface area contributed by atoms with Gasteiger partial charge in [-0.3, -0.25) is 9.78 Å². The first-order valence-electron chi connectivity index (χ1n) is 9.23. The molecule has 1 atom stereocenters. The molecule has 0 aliphatic heterocycles. The average Bonchev–Trinajstić information content (AvgIpc) is 2.61. The monoisotopic (exact) mass is 326 g/mol. The third kappa shape index (κ3) is 5.63. The van der Waals surface area contributed by atoms with Gasteiger partial charge < -0.3 is 5.73 Å². The number of aromatic nitrogens is 1. The van der Waals surface area contributed by atoms with E-state index >= 15 is 0 Å². The Kier molecular flexibility index (Phi) is 7.23. The van der Waals surface area contributed by atoms with E-state index in [1.54, 1.807) is 0 Å². The fourth-order valence-corrected chi connectivity index (χ4v) is 3.17. The summed E-state index contributed by atoms with van der Waals surface area (Å²) in [4.78, 5) is 15.9. The van der Waals surface area contributed by atoms with E-state index < -0.39 is 0 Å². The highest BCUT2D eigenvalue weighted by atomic mass is 16.1. The smallest absolute Gasteiger partial charge is 0.220 e. The Morgan fingerprint density at radius 3 is 2.46 bits per heavy atom. The molecule has 24 heavy (non-hydrogen) atoms. The number of nitrogens with two attached hydrogens (primary N) is 1. The van der Waals surface area contributed by atoms with Gasteiger partial charge in [0.05, 0.1) is 0 Å². The van der Waals surface area contributed by atoms with Crippen LogP contribution in [0.2, 0.25) is 0 Å². The van der Waals surface area contributed by atoms with Crippen molar-refractivity contribution < 1.29 is 4.79 Å². The van der Waals surface area contributed by atoms with E-state index in [1.807, 2.05) is 13.1 Å². The molecule has 1 aromatic rings. The number of carbonyl (C=O) groups excluding carboxylic acids is 1. The Morgan fingerprint density at radius 2 is 1.92 bits per heavy atom. The van der Waals surface area contributed by atoms with Crippen molar-refractivity contribution in [2.24, 2.45) is 11.7 Å². The number of aryl methyl sites for hydroxylation is 2. The highest BCUT2D eigenvalue weighted by molar-refractivity contribution is 5.76. The standard InChI is InChI=1S/C21H30N2O/c1-3-16-12-13-20(23-15-16)7-5-6-17-8-10-18(11-9-17)14-19(4-2)21(22)24/h8,10,12-13,15,19H,3-7,9,11,14H2,1-2H3,(H2,22,24). The second-order valence-corrected chi connectivity index (χ2v) is 6.73. The van der Waals surface area contributed by atoms with Gasteiger partial charge in [-0.25, -0.2) is 0 Å². The maximum atomic E-state index is 11.4. The van der Waals surface area contributed by atoms with Crippen molar-refractivity contribution >= 4 is 5.91 Å². The van der Waals surface area contributed by atoms with E-state index in [1.165, 1.54) is 22.4 Å². The lowest BCUT2D eigenvalue weighted by atomic mass is 9.88. The Balaban J connectivity index is 1.78. The number of nitrogens with zero attached hydrogens (tertiary/aromatic N) is 1. The third-order valence-electron chi connectivity index (χ3n) is 4.95. The summed E-state index contributed by atoms with van der Waals surface area (Å²) in [5.74, 6) is -0.182. The van der Waals surface area contributed by atoms with Crippen molar-refractivity contribution in [3.63, 3.8) is 0 Å². The first-order valence-corrected chi connectivity index (χ1v) is 9.23. The van der Waals surface area contributed by atoms with Gasteiger partial charge in [0.2, 0.25) is 5.91 Å². The van der Waals surface area contributed by atoms with Gasteiger partial charge >= 0.3 is 0 Å². The number of amides is 1. The summed E-state index contributed by atoms with van der Waals surface area (Å²) in [6.45, 7) is 4.18. The summed E-state index contributed by atoms with van der Waals surface area (Å²) in [7, 11) is 0. The van der Waals surface area contributed by atoms with Gasteiger partial charge in [-0.15, -0.1) is 0 Å². The van der Waals surface area contributed by atoms with Crippen molar-refractivity contribution in [1.82, 2.24) is 4.98 Å². The zero-order valence-electron chi connectivity index (χ0n) is 15.1. The molecule has 1 aliphatic carbocycles. The fraction of sp³-hybridized carbons (Fsp3) is 0.524. The lowest BCUT2D eigenvalue weighted by Gasteiger charge is -2.18. The molecule has 3 nitrogen and oxygen atoms in total. The molecule has 1 amide bonds. The number of carbonyl (C=O) groups is 1. The normalized spacial score (nSPS) is 15.6. The molecule has 0 bridgehead atoms. The minimum absolute atomic E-state index is 0.0108. The van der Waals surface area contributed by atoms with E-state index in [-0.39, 0.29) is 11.8 Å². The van der Waals surface area contributed by atoms with Crippen LogP contribution in [0.4, 0.5) is 0 Å². The summed E-state index contributed by atoms with van der Waals surface area (Å²) in [6.07, 6.45) is 14.6. The molecule has 1 aromatic heterocycles. The number of rotatable bonds is 9. The molecular formula is C21H30N2O.